The van der Waals surface area contributed by atoms with Gasteiger partial charge >= 0.3 is 0 Å². The first kappa shape index (κ1) is 16.3. The van der Waals surface area contributed by atoms with Gasteiger partial charge in [-0.3, -0.25) is 4.90 Å². The van der Waals surface area contributed by atoms with E-state index in [-0.39, 0.29) is 23.6 Å². The number of aryl methyl sites for hydroxylation is 1. The second kappa shape index (κ2) is 6.34. The number of likely N-dealkylation sites (N-methyl/N-ethyl adjacent to an activating group) is 1. The molecule has 1 saturated heterocycles. The van der Waals surface area contributed by atoms with E-state index in [2.05, 4.69) is 11.0 Å². The first-order valence-corrected chi connectivity index (χ1v) is 8.97. The minimum absolute atomic E-state index is 0.0212. The molecule has 5 nitrogen and oxygen atoms in total. The lowest BCUT2D eigenvalue weighted by Crippen LogP contribution is -2.39. The summed E-state index contributed by atoms with van der Waals surface area (Å²) in [4.78, 5) is 2.10. The van der Waals surface area contributed by atoms with Gasteiger partial charge in [0.2, 0.25) is 0 Å². The summed E-state index contributed by atoms with van der Waals surface area (Å²) in [5.74, 6) is 1.36. The first-order valence-electron chi connectivity index (χ1n) is 7.15. The molecule has 1 aromatic rings. The van der Waals surface area contributed by atoms with Crippen LogP contribution in [0.4, 0.5) is 0 Å². The summed E-state index contributed by atoms with van der Waals surface area (Å²) >= 11 is 0. The summed E-state index contributed by atoms with van der Waals surface area (Å²) < 4.78 is 28.6. The molecule has 118 valence electrons. The molecular weight excluding hydrogens is 288 g/mol. The first-order chi connectivity index (χ1) is 9.88. The number of nitrogens with two attached hydrogens (primary N) is 1. The Balaban J connectivity index is 2.21. The highest BCUT2D eigenvalue weighted by atomic mass is 32.2. The zero-order chi connectivity index (χ0) is 15.6. The summed E-state index contributed by atoms with van der Waals surface area (Å²) in [5, 5.41) is 0. The van der Waals surface area contributed by atoms with Crippen molar-refractivity contribution in [3.05, 3.63) is 29.3 Å². The van der Waals surface area contributed by atoms with Crippen molar-refractivity contribution in [1.29, 1.82) is 0 Å². The van der Waals surface area contributed by atoms with E-state index in [0.29, 0.717) is 13.0 Å². The Morgan fingerprint density at radius 3 is 2.67 bits per heavy atom. The van der Waals surface area contributed by atoms with Crippen LogP contribution in [-0.4, -0.2) is 51.6 Å². The molecule has 2 N–H and O–H groups in total. The van der Waals surface area contributed by atoms with Gasteiger partial charge in [0, 0.05) is 18.6 Å². The van der Waals surface area contributed by atoms with Gasteiger partial charge in [0.25, 0.3) is 0 Å². The monoisotopic (exact) mass is 312 g/mol. The maximum Gasteiger partial charge on any atom is 0.151 e. The van der Waals surface area contributed by atoms with Crippen LogP contribution in [0.5, 0.6) is 5.75 Å². The molecule has 0 saturated carbocycles. The fourth-order valence-electron chi connectivity index (χ4n) is 3.00. The number of ether oxygens (including phenoxy) is 1. The summed E-state index contributed by atoms with van der Waals surface area (Å²) in [7, 11) is 0.726. The Morgan fingerprint density at radius 1 is 1.48 bits per heavy atom. The van der Waals surface area contributed by atoms with E-state index in [1.807, 2.05) is 26.1 Å². The van der Waals surface area contributed by atoms with E-state index in [1.54, 1.807) is 7.11 Å². The average Bonchev–Trinajstić information content (AvgIpc) is 2.80. The summed E-state index contributed by atoms with van der Waals surface area (Å²) in [6.45, 7) is 2.45. The molecule has 0 bridgehead atoms. The van der Waals surface area contributed by atoms with Gasteiger partial charge in [0.15, 0.2) is 9.84 Å². The Labute approximate surface area is 127 Å². The number of sulfone groups is 1. The number of hydrogen-bond acceptors (Lipinski definition) is 5. The molecule has 0 aliphatic carbocycles. The molecule has 1 heterocycles. The lowest BCUT2D eigenvalue weighted by molar-refractivity contribution is 0.192. The maximum absolute atomic E-state index is 11.7. The van der Waals surface area contributed by atoms with Crippen LogP contribution in [-0.2, 0) is 9.84 Å². The molecule has 0 spiro atoms. The number of nitrogens with zero attached hydrogens (tertiary/aromatic N) is 1. The zero-order valence-electron chi connectivity index (χ0n) is 12.9. The molecule has 1 fully saturated rings. The molecule has 0 radical (unpaired) electrons. The number of hydrogen-bond donors (Lipinski definition) is 1. The molecule has 1 aliphatic rings. The van der Waals surface area contributed by atoms with Gasteiger partial charge in [-0.1, -0.05) is 12.1 Å². The largest absolute Gasteiger partial charge is 0.496 e. The van der Waals surface area contributed by atoms with Crippen LogP contribution in [0.25, 0.3) is 0 Å². The third-order valence-corrected chi connectivity index (χ3v) is 6.05. The summed E-state index contributed by atoms with van der Waals surface area (Å²) in [5.41, 5.74) is 8.10. The Hall–Kier alpha value is -1.11. The van der Waals surface area contributed by atoms with Gasteiger partial charge in [-0.25, -0.2) is 8.42 Å². The maximum atomic E-state index is 11.7. The SMILES string of the molecule is COc1ccc(C(CN)N(C)C2CCS(=O)(=O)C2)cc1C. The minimum Gasteiger partial charge on any atom is -0.496 e. The van der Waals surface area contributed by atoms with E-state index >= 15 is 0 Å². The van der Waals surface area contributed by atoms with Crippen molar-refractivity contribution in [1.82, 2.24) is 4.90 Å². The van der Waals surface area contributed by atoms with Crippen LogP contribution in [0, 0.1) is 6.92 Å². The van der Waals surface area contributed by atoms with Crippen LogP contribution < -0.4 is 10.5 Å². The fraction of sp³-hybridized carbons (Fsp3) is 0.600. The highest BCUT2D eigenvalue weighted by Crippen LogP contribution is 2.28. The Bertz CT molecular complexity index is 601. The summed E-state index contributed by atoms with van der Waals surface area (Å²) in [6, 6.07) is 6.07. The minimum atomic E-state index is -2.89. The molecule has 2 rings (SSSR count). The van der Waals surface area contributed by atoms with Crippen LogP contribution in [0.15, 0.2) is 18.2 Å². The molecule has 21 heavy (non-hydrogen) atoms. The topological polar surface area (TPSA) is 72.6 Å². The number of rotatable bonds is 5. The van der Waals surface area contributed by atoms with Crippen molar-refractivity contribution >= 4 is 9.84 Å². The van der Waals surface area contributed by atoms with Crippen molar-refractivity contribution < 1.29 is 13.2 Å². The van der Waals surface area contributed by atoms with E-state index < -0.39 is 9.84 Å². The van der Waals surface area contributed by atoms with Crippen molar-refractivity contribution in [3.8, 4) is 5.75 Å². The molecule has 2 unspecified atom stereocenters. The summed E-state index contributed by atoms with van der Waals surface area (Å²) in [6.07, 6.45) is 0.685. The van der Waals surface area contributed by atoms with Crippen LogP contribution in [0.1, 0.15) is 23.6 Å². The zero-order valence-corrected chi connectivity index (χ0v) is 13.7. The van der Waals surface area contributed by atoms with Crippen molar-refractivity contribution in [2.45, 2.75) is 25.4 Å². The number of methoxy groups -OCH3 is 1. The second-order valence-electron chi connectivity index (χ2n) is 5.70. The second-order valence-corrected chi connectivity index (χ2v) is 7.93. The van der Waals surface area contributed by atoms with Gasteiger partial charge in [-0.15, -0.1) is 0 Å². The molecule has 6 heteroatoms. The van der Waals surface area contributed by atoms with Crippen molar-refractivity contribution in [2.24, 2.45) is 5.73 Å². The van der Waals surface area contributed by atoms with Crippen molar-refractivity contribution in [3.63, 3.8) is 0 Å². The lowest BCUT2D eigenvalue weighted by atomic mass is 10.0. The molecule has 0 amide bonds. The van der Waals surface area contributed by atoms with Crippen LogP contribution in [0.2, 0.25) is 0 Å². The molecule has 0 aromatic heterocycles. The predicted molar refractivity (Wildman–Crippen MR) is 84.3 cm³/mol. The third kappa shape index (κ3) is 3.56. The van der Waals surface area contributed by atoms with E-state index in [4.69, 9.17) is 10.5 Å². The van der Waals surface area contributed by atoms with Crippen molar-refractivity contribution in [2.75, 3.05) is 32.2 Å². The molecule has 1 aliphatic heterocycles. The number of benzene rings is 1. The smallest absolute Gasteiger partial charge is 0.151 e. The average molecular weight is 312 g/mol. The van der Waals surface area contributed by atoms with Crippen LogP contribution in [0.3, 0.4) is 0 Å². The quantitative estimate of drug-likeness (QED) is 0.882. The fourth-order valence-corrected chi connectivity index (χ4v) is 4.78. The standard InChI is InChI=1S/C15H24N2O3S/c1-11-8-12(4-5-15(11)20-3)14(9-16)17(2)13-6-7-21(18,19)10-13/h4-5,8,13-14H,6-7,9-10,16H2,1-3H3. The lowest BCUT2D eigenvalue weighted by Gasteiger charge is -2.32. The molecular formula is C15H24N2O3S. The van der Waals surface area contributed by atoms with E-state index in [0.717, 1.165) is 16.9 Å². The van der Waals surface area contributed by atoms with Gasteiger partial charge in [-0.05, 0) is 37.6 Å². The predicted octanol–water partition coefficient (Wildman–Crippen LogP) is 1.12. The normalized spacial score (nSPS) is 22.4. The van der Waals surface area contributed by atoms with Crippen LogP contribution >= 0.6 is 0 Å². The Kier molecular flexibility index (Phi) is 4.91. The molecule has 1 aromatic carbocycles. The van der Waals surface area contributed by atoms with Gasteiger partial charge in [0.05, 0.1) is 18.6 Å². The molecule has 2 atom stereocenters. The van der Waals surface area contributed by atoms with Gasteiger partial charge < -0.3 is 10.5 Å². The van der Waals surface area contributed by atoms with Gasteiger partial charge in [-0.2, -0.15) is 0 Å². The third-order valence-electron chi connectivity index (χ3n) is 4.30. The highest BCUT2D eigenvalue weighted by Gasteiger charge is 2.33. The Morgan fingerprint density at radius 2 is 2.19 bits per heavy atom. The van der Waals surface area contributed by atoms with E-state index in [1.165, 1.54) is 0 Å². The van der Waals surface area contributed by atoms with E-state index in [9.17, 15) is 8.42 Å². The highest BCUT2D eigenvalue weighted by molar-refractivity contribution is 7.91. The van der Waals surface area contributed by atoms with Gasteiger partial charge in [0.1, 0.15) is 5.75 Å².